The van der Waals surface area contributed by atoms with Crippen molar-refractivity contribution < 1.29 is 0 Å². The van der Waals surface area contributed by atoms with Crippen molar-refractivity contribution in [3.05, 3.63) is 42.5 Å². The number of nitrogens with one attached hydrogen (secondary N) is 1. The molecule has 0 amide bonds. The highest BCUT2D eigenvalue weighted by molar-refractivity contribution is 5.45. The third-order valence-corrected chi connectivity index (χ3v) is 2.91. The largest absolute Gasteiger partial charge is 0.385 e. The molecule has 0 bridgehead atoms. The van der Waals surface area contributed by atoms with E-state index in [0.717, 1.165) is 19.4 Å². The monoisotopic (exact) mass is 231 g/mol. The average molecular weight is 231 g/mol. The molecule has 1 rings (SSSR count). The molecule has 0 radical (unpaired) electrons. The second-order valence-electron chi connectivity index (χ2n) is 4.52. The first-order valence-electron chi connectivity index (χ1n) is 6.80. The molecule has 0 fully saturated rings. The van der Waals surface area contributed by atoms with Gasteiger partial charge in [-0.2, -0.15) is 0 Å². The van der Waals surface area contributed by atoms with Gasteiger partial charge in [0.25, 0.3) is 0 Å². The van der Waals surface area contributed by atoms with E-state index in [1.54, 1.807) is 0 Å². The number of rotatable bonds is 9. The molecule has 0 aliphatic rings. The SMILES string of the molecule is C=CCCCc1cccc(NCCCCC)c1. The Bertz CT molecular complexity index is 317. The third-order valence-electron chi connectivity index (χ3n) is 2.91. The molecule has 94 valence electrons. The summed E-state index contributed by atoms with van der Waals surface area (Å²) in [6.45, 7) is 7.08. The summed E-state index contributed by atoms with van der Waals surface area (Å²) in [6.07, 6.45) is 9.30. The molecule has 1 nitrogen and oxygen atoms in total. The van der Waals surface area contributed by atoms with E-state index in [9.17, 15) is 0 Å². The zero-order valence-electron chi connectivity index (χ0n) is 11.0. The maximum Gasteiger partial charge on any atom is 0.0342 e. The molecular weight excluding hydrogens is 206 g/mol. The Morgan fingerprint density at radius 2 is 2.12 bits per heavy atom. The summed E-state index contributed by atoms with van der Waals surface area (Å²) in [4.78, 5) is 0. The van der Waals surface area contributed by atoms with Gasteiger partial charge in [0.1, 0.15) is 0 Å². The van der Waals surface area contributed by atoms with Crippen LogP contribution in [0.3, 0.4) is 0 Å². The van der Waals surface area contributed by atoms with Crippen molar-refractivity contribution in [1.82, 2.24) is 0 Å². The van der Waals surface area contributed by atoms with Gasteiger partial charge in [-0.3, -0.25) is 0 Å². The smallest absolute Gasteiger partial charge is 0.0342 e. The van der Waals surface area contributed by atoms with Crippen molar-refractivity contribution in [2.75, 3.05) is 11.9 Å². The first-order chi connectivity index (χ1) is 8.36. The fourth-order valence-corrected chi connectivity index (χ4v) is 1.90. The number of hydrogen-bond acceptors (Lipinski definition) is 1. The Hall–Kier alpha value is -1.24. The van der Waals surface area contributed by atoms with E-state index >= 15 is 0 Å². The standard InChI is InChI=1S/C16H25N/c1-3-5-7-10-15-11-9-12-16(14-15)17-13-8-6-4-2/h3,9,11-12,14,17H,1,4-8,10,13H2,2H3. The van der Waals surface area contributed by atoms with E-state index in [4.69, 9.17) is 0 Å². The molecule has 0 aliphatic carbocycles. The highest BCUT2D eigenvalue weighted by Crippen LogP contribution is 2.13. The molecule has 0 aliphatic heterocycles. The summed E-state index contributed by atoms with van der Waals surface area (Å²) in [5.41, 5.74) is 2.68. The van der Waals surface area contributed by atoms with Crippen LogP contribution in [0.4, 0.5) is 5.69 Å². The Morgan fingerprint density at radius 1 is 1.24 bits per heavy atom. The van der Waals surface area contributed by atoms with Crippen LogP contribution in [-0.2, 0) is 6.42 Å². The Morgan fingerprint density at radius 3 is 2.88 bits per heavy atom. The minimum absolute atomic E-state index is 1.09. The predicted molar refractivity (Wildman–Crippen MR) is 77.6 cm³/mol. The van der Waals surface area contributed by atoms with Gasteiger partial charge in [-0.25, -0.2) is 0 Å². The van der Waals surface area contributed by atoms with E-state index in [1.807, 2.05) is 6.08 Å². The zero-order valence-corrected chi connectivity index (χ0v) is 11.0. The number of aryl methyl sites for hydroxylation is 1. The van der Waals surface area contributed by atoms with Crippen LogP contribution < -0.4 is 5.32 Å². The van der Waals surface area contributed by atoms with Gasteiger partial charge < -0.3 is 5.32 Å². The quantitative estimate of drug-likeness (QED) is 0.475. The van der Waals surface area contributed by atoms with Crippen LogP contribution >= 0.6 is 0 Å². The first kappa shape index (κ1) is 13.8. The van der Waals surface area contributed by atoms with Crippen molar-refractivity contribution in [3.63, 3.8) is 0 Å². The van der Waals surface area contributed by atoms with E-state index in [1.165, 1.54) is 36.9 Å². The molecule has 0 aromatic heterocycles. The summed E-state index contributed by atoms with van der Waals surface area (Å²) in [6, 6.07) is 8.78. The van der Waals surface area contributed by atoms with E-state index in [-0.39, 0.29) is 0 Å². The topological polar surface area (TPSA) is 12.0 Å². The molecule has 1 heteroatoms. The maximum atomic E-state index is 3.76. The van der Waals surface area contributed by atoms with Crippen LogP contribution in [0.15, 0.2) is 36.9 Å². The molecule has 0 saturated heterocycles. The second-order valence-corrected chi connectivity index (χ2v) is 4.52. The van der Waals surface area contributed by atoms with Gasteiger partial charge in [-0.15, -0.1) is 6.58 Å². The highest BCUT2D eigenvalue weighted by Gasteiger charge is 1.95. The molecule has 17 heavy (non-hydrogen) atoms. The lowest BCUT2D eigenvalue weighted by molar-refractivity contribution is 0.743. The van der Waals surface area contributed by atoms with Crippen LogP contribution in [0.2, 0.25) is 0 Å². The molecule has 0 spiro atoms. The molecule has 0 unspecified atom stereocenters. The van der Waals surface area contributed by atoms with Gasteiger partial charge >= 0.3 is 0 Å². The molecule has 0 heterocycles. The van der Waals surface area contributed by atoms with Gasteiger partial charge in [0.2, 0.25) is 0 Å². The third kappa shape index (κ3) is 6.15. The summed E-state index contributed by atoms with van der Waals surface area (Å²) < 4.78 is 0. The number of hydrogen-bond donors (Lipinski definition) is 1. The molecule has 0 atom stereocenters. The molecule has 1 N–H and O–H groups in total. The fraction of sp³-hybridized carbons (Fsp3) is 0.500. The van der Waals surface area contributed by atoms with Gasteiger partial charge in [0, 0.05) is 12.2 Å². The molecule has 0 saturated carbocycles. The van der Waals surface area contributed by atoms with Gasteiger partial charge in [-0.1, -0.05) is 38.0 Å². The van der Waals surface area contributed by atoms with Crippen molar-refractivity contribution >= 4 is 5.69 Å². The Kier molecular flexibility index (Phi) is 7.20. The van der Waals surface area contributed by atoms with Gasteiger partial charge in [0.15, 0.2) is 0 Å². The summed E-state index contributed by atoms with van der Waals surface area (Å²) in [5, 5.41) is 3.49. The van der Waals surface area contributed by atoms with Crippen molar-refractivity contribution in [2.45, 2.75) is 45.4 Å². The van der Waals surface area contributed by atoms with Crippen LogP contribution in [0.25, 0.3) is 0 Å². The predicted octanol–water partition coefficient (Wildman–Crippen LogP) is 4.80. The fourth-order valence-electron chi connectivity index (χ4n) is 1.90. The van der Waals surface area contributed by atoms with Crippen molar-refractivity contribution in [1.29, 1.82) is 0 Å². The van der Waals surface area contributed by atoms with Crippen LogP contribution in [0.1, 0.15) is 44.6 Å². The zero-order chi connectivity index (χ0) is 12.3. The van der Waals surface area contributed by atoms with Crippen LogP contribution in [0, 0.1) is 0 Å². The summed E-state index contributed by atoms with van der Waals surface area (Å²) in [5.74, 6) is 0. The van der Waals surface area contributed by atoms with Crippen LogP contribution in [0.5, 0.6) is 0 Å². The average Bonchev–Trinajstić information content (AvgIpc) is 2.36. The molecule has 1 aromatic carbocycles. The minimum Gasteiger partial charge on any atom is -0.385 e. The highest BCUT2D eigenvalue weighted by atomic mass is 14.9. The summed E-state index contributed by atoms with van der Waals surface area (Å²) in [7, 11) is 0. The Balaban J connectivity index is 2.34. The normalized spacial score (nSPS) is 10.2. The molecule has 1 aromatic rings. The first-order valence-corrected chi connectivity index (χ1v) is 6.80. The van der Waals surface area contributed by atoms with E-state index in [0.29, 0.717) is 0 Å². The summed E-state index contributed by atoms with van der Waals surface area (Å²) >= 11 is 0. The van der Waals surface area contributed by atoms with Crippen LogP contribution in [-0.4, -0.2) is 6.54 Å². The lowest BCUT2D eigenvalue weighted by Crippen LogP contribution is -2.01. The number of allylic oxidation sites excluding steroid dienone is 1. The number of unbranched alkanes of at least 4 members (excludes halogenated alkanes) is 3. The van der Waals surface area contributed by atoms with Gasteiger partial charge in [-0.05, 0) is 43.4 Å². The molecular formula is C16H25N. The van der Waals surface area contributed by atoms with Crippen molar-refractivity contribution in [3.8, 4) is 0 Å². The van der Waals surface area contributed by atoms with E-state index < -0.39 is 0 Å². The van der Waals surface area contributed by atoms with Crippen molar-refractivity contribution in [2.24, 2.45) is 0 Å². The lowest BCUT2D eigenvalue weighted by Gasteiger charge is -2.08. The lowest BCUT2D eigenvalue weighted by atomic mass is 10.1. The second kappa shape index (κ2) is 8.86. The number of anilines is 1. The van der Waals surface area contributed by atoms with E-state index in [2.05, 4.69) is 43.1 Å². The number of benzene rings is 1. The van der Waals surface area contributed by atoms with Gasteiger partial charge in [0.05, 0.1) is 0 Å². The maximum absolute atomic E-state index is 3.76. The Labute approximate surface area is 106 Å². The minimum atomic E-state index is 1.09.